The highest BCUT2D eigenvalue weighted by atomic mass is 16.5. The second-order valence-corrected chi connectivity index (χ2v) is 4.08. The van der Waals surface area contributed by atoms with Gasteiger partial charge in [-0.15, -0.1) is 0 Å². The molecule has 2 heteroatoms. The van der Waals surface area contributed by atoms with Gasteiger partial charge in [-0.2, -0.15) is 0 Å². The second kappa shape index (κ2) is 1.95. The van der Waals surface area contributed by atoms with Crippen LogP contribution in [0.4, 0.5) is 0 Å². The fourth-order valence-corrected chi connectivity index (χ4v) is 1.47. The summed E-state index contributed by atoms with van der Waals surface area (Å²) >= 11 is 0. The molecule has 0 aromatic carbocycles. The van der Waals surface area contributed by atoms with E-state index in [0.717, 1.165) is 0 Å². The number of rotatable bonds is 0. The molecule has 1 aliphatic heterocycles. The maximum absolute atomic E-state index is 5.74. The van der Waals surface area contributed by atoms with Gasteiger partial charge in [-0.05, 0) is 34.6 Å². The van der Waals surface area contributed by atoms with Gasteiger partial charge in [-0.25, -0.2) is 0 Å². The average molecular weight is 143 g/mol. The third-order valence-corrected chi connectivity index (χ3v) is 2.13. The minimum Gasteiger partial charge on any atom is -0.354 e. The summed E-state index contributed by atoms with van der Waals surface area (Å²) in [6.45, 7) is 10.5. The van der Waals surface area contributed by atoms with E-state index in [1.54, 1.807) is 0 Å². The molecule has 1 atom stereocenters. The van der Waals surface area contributed by atoms with Crippen LogP contribution in [0.15, 0.2) is 0 Å². The third kappa shape index (κ3) is 1.32. The van der Waals surface area contributed by atoms with E-state index in [4.69, 9.17) is 4.74 Å². The zero-order chi connectivity index (χ0) is 7.99. The molecule has 1 N–H and O–H groups in total. The minimum atomic E-state index is -0.150. The fourth-order valence-electron chi connectivity index (χ4n) is 1.47. The second-order valence-electron chi connectivity index (χ2n) is 4.08. The maximum Gasteiger partial charge on any atom is 0.114 e. The van der Waals surface area contributed by atoms with Crippen LogP contribution < -0.4 is 5.32 Å². The Morgan fingerprint density at radius 1 is 1.20 bits per heavy atom. The predicted molar refractivity (Wildman–Crippen MR) is 41.8 cm³/mol. The van der Waals surface area contributed by atoms with E-state index in [1.165, 1.54) is 0 Å². The Balaban J connectivity index is 2.71. The van der Waals surface area contributed by atoms with Crippen molar-refractivity contribution in [1.29, 1.82) is 0 Å². The Kier molecular flexibility index (Phi) is 1.57. The first-order valence-electron chi connectivity index (χ1n) is 3.81. The van der Waals surface area contributed by atoms with Gasteiger partial charge in [-0.3, -0.25) is 5.32 Å². The van der Waals surface area contributed by atoms with Gasteiger partial charge in [0.2, 0.25) is 0 Å². The third-order valence-electron chi connectivity index (χ3n) is 2.13. The molecule has 1 rings (SSSR count). The molecule has 0 radical (unpaired) electrons. The first-order chi connectivity index (χ1) is 4.33. The van der Waals surface area contributed by atoms with Crippen molar-refractivity contribution in [2.75, 3.05) is 0 Å². The van der Waals surface area contributed by atoms with Gasteiger partial charge in [0, 0.05) is 6.04 Å². The van der Waals surface area contributed by atoms with Gasteiger partial charge >= 0.3 is 0 Å². The number of ether oxygens (including phenoxy) is 1. The summed E-state index contributed by atoms with van der Waals surface area (Å²) in [5, 5.41) is 3.36. The molecule has 0 aliphatic carbocycles. The van der Waals surface area contributed by atoms with Crippen LogP contribution in [-0.4, -0.2) is 17.4 Å². The molecule has 0 aromatic rings. The summed E-state index contributed by atoms with van der Waals surface area (Å²) in [7, 11) is 0. The zero-order valence-electron chi connectivity index (χ0n) is 7.49. The van der Waals surface area contributed by atoms with Crippen LogP contribution >= 0.6 is 0 Å². The Morgan fingerprint density at radius 2 is 1.70 bits per heavy atom. The van der Waals surface area contributed by atoms with Crippen molar-refractivity contribution in [1.82, 2.24) is 5.32 Å². The summed E-state index contributed by atoms with van der Waals surface area (Å²) in [5.41, 5.74) is -0.174. The SMILES string of the molecule is CC1NC(C)(C)OC1(C)C. The van der Waals surface area contributed by atoms with Crippen molar-refractivity contribution in [3.63, 3.8) is 0 Å². The van der Waals surface area contributed by atoms with Gasteiger partial charge in [0.1, 0.15) is 5.72 Å². The molecule has 0 saturated carbocycles. The van der Waals surface area contributed by atoms with E-state index >= 15 is 0 Å². The molecule has 1 saturated heterocycles. The lowest BCUT2D eigenvalue weighted by molar-refractivity contribution is -0.0717. The van der Waals surface area contributed by atoms with Gasteiger partial charge in [0.15, 0.2) is 0 Å². The molecular weight excluding hydrogens is 126 g/mol. The standard InChI is InChI=1S/C8H17NO/c1-6-7(2,3)10-8(4,5)9-6/h6,9H,1-5H3. The van der Waals surface area contributed by atoms with E-state index in [2.05, 4.69) is 39.9 Å². The van der Waals surface area contributed by atoms with Gasteiger partial charge in [0.25, 0.3) is 0 Å². The average Bonchev–Trinajstić information content (AvgIpc) is 1.73. The van der Waals surface area contributed by atoms with Crippen LogP contribution in [0, 0.1) is 0 Å². The fraction of sp³-hybridized carbons (Fsp3) is 1.00. The zero-order valence-corrected chi connectivity index (χ0v) is 7.49. The predicted octanol–water partition coefficient (Wildman–Crippen LogP) is 1.51. The number of hydrogen-bond acceptors (Lipinski definition) is 2. The summed E-state index contributed by atoms with van der Waals surface area (Å²) in [5.74, 6) is 0. The Hall–Kier alpha value is -0.0800. The van der Waals surface area contributed by atoms with E-state index in [9.17, 15) is 0 Å². The van der Waals surface area contributed by atoms with Crippen molar-refractivity contribution < 1.29 is 4.74 Å². The largest absolute Gasteiger partial charge is 0.354 e. The smallest absolute Gasteiger partial charge is 0.114 e. The van der Waals surface area contributed by atoms with Crippen LogP contribution in [0.3, 0.4) is 0 Å². The normalized spacial score (nSPS) is 36.3. The van der Waals surface area contributed by atoms with Crippen LogP contribution in [0.1, 0.15) is 34.6 Å². The summed E-state index contributed by atoms with van der Waals surface area (Å²) in [6, 6.07) is 0.433. The lowest BCUT2D eigenvalue weighted by Crippen LogP contribution is -2.38. The monoisotopic (exact) mass is 143 g/mol. The Morgan fingerprint density at radius 3 is 1.80 bits per heavy atom. The summed E-state index contributed by atoms with van der Waals surface area (Å²) in [6.07, 6.45) is 0. The van der Waals surface area contributed by atoms with Gasteiger partial charge in [0.05, 0.1) is 5.60 Å². The molecule has 1 unspecified atom stereocenters. The van der Waals surface area contributed by atoms with E-state index < -0.39 is 0 Å². The van der Waals surface area contributed by atoms with Crippen molar-refractivity contribution in [2.45, 2.75) is 52.0 Å². The van der Waals surface area contributed by atoms with Gasteiger partial charge in [-0.1, -0.05) is 0 Å². The molecule has 60 valence electrons. The summed E-state index contributed by atoms with van der Waals surface area (Å²) in [4.78, 5) is 0. The van der Waals surface area contributed by atoms with Crippen LogP contribution in [0.5, 0.6) is 0 Å². The first-order valence-corrected chi connectivity index (χ1v) is 3.81. The van der Waals surface area contributed by atoms with Crippen molar-refractivity contribution in [3.05, 3.63) is 0 Å². The van der Waals surface area contributed by atoms with Crippen LogP contribution in [-0.2, 0) is 4.74 Å². The van der Waals surface area contributed by atoms with Crippen LogP contribution in [0.2, 0.25) is 0 Å². The molecule has 2 nitrogen and oxygen atoms in total. The topological polar surface area (TPSA) is 21.3 Å². The van der Waals surface area contributed by atoms with E-state index in [0.29, 0.717) is 6.04 Å². The Labute approximate surface area is 63.0 Å². The molecule has 1 fully saturated rings. The molecule has 0 aromatic heterocycles. The lowest BCUT2D eigenvalue weighted by atomic mass is 10.0. The number of hydrogen-bond donors (Lipinski definition) is 1. The van der Waals surface area contributed by atoms with Crippen molar-refractivity contribution >= 4 is 0 Å². The first kappa shape index (κ1) is 8.02. The molecule has 1 heterocycles. The molecular formula is C8H17NO. The quantitative estimate of drug-likeness (QED) is 0.555. The lowest BCUT2D eigenvalue weighted by Gasteiger charge is -2.23. The Bertz CT molecular complexity index is 140. The molecule has 1 aliphatic rings. The van der Waals surface area contributed by atoms with Crippen molar-refractivity contribution in [3.8, 4) is 0 Å². The highest BCUT2D eigenvalue weighted by Crippen LogP contribution is 2.29. The maximum atomic E-state index is 5.74. The van der Waals surface area contributed by atoms with E-state index in [1.807, 2.05) is 0 Å². The minimum absolute atomic E-state index is 0.0243. The van der Waals surface area contributed by atoms with Gasteiger partial charge < -0.3 is 4.74 Å². The molecule has 10 heavy (non-hydrogen) atoms. The molecule has 0 spiro atoms. The number of nitrogens with one attached hydrogen (secondary N) is 1. The molecule has 0 bridgehead atoms. The highest BCUT2D eigenvalue weighted by Gasteiger charge is 2.42. The van der Waals surface area contributed by atoms with Crippen molar-refractivity contribution in [2.24, 2.45) is 0 Å². The van der Waals surface area contributed by atoms with E-state index in [-0.39, 0.29) is 11.3 Å². The highest BCUT2D eigenvalue weighted by molar-refractivity contribution is 4.93. The summed E-state index contributed by atoms with van der Waals surface area (Å²) < 4.78 is 5.74. The van der Waals surface area contributed by atoms with Crippen LogP contribution in [0.25, 0.3) is 0 Å². The molecule has 0 amide bonds.